The Bertz CT molecular complexity index is 262. The Morgan fingerprint density at radius 1 is 1.67 bits per heavy atom. The third-order valence-electron chi connectivity index (χ3n) is 1.64. The minimum absolute atomic E-state index is 0.394. The van der Waals surface area contributed by atoms with Crippen molar-refractivity contribution in [3.05, 3.63) is 18.2 Å². The molecule has 1 aromatic heterocycles. The van der Waals surface area contributed by atoms with Gasteiger partial charge in [-0.15, -0.1) is 0 Å². The van der Waals surface area contributed by atoms with E-state index < -0.39 is 11.7 Å². The molecule has 1 rings (SSSR count). The summed E-state index contributed by atoms with van der Waals surface area (Å²) >= 11 is 0. The monoisotopic (exact) mass is 171 g/mol. The Hall–Kier alpha value is -0.900. The van der Waals surface area contributed by atoms with E-state index in [4.69, 9.17) is 5.73 Å². The Balaban J connectivity index is 2.85. The molecule has 1 atom stereocenters. The molecule has 12 heavy (non-hydrogen) atoms. The van der Waals surface area contributed by atoms with E-state index in [0.717, 1.165) is 0 Å². The van der Waals surface area contributed by atoms with Crippen LogP contribution in [0.5, 0.6) is 0 Å². The zero-order chi connectivity index (χ0) is 9.35. The molecule has 2 N–H and O–H groups in total. The molecule has 4 heteroatoms. The summed E-state index contributed by atoms with van der Waals surface area (Å²) in [7, 11) is 1.80. The number of nitrogens with two attached hydrogens (primary N) is 1. The van der Waals surface area contributed by atoms with Crippen LogP contribution in [0.1, 0.15) is 25.7 Å². The van der Waals surface area contributed by atoms with Crippen molar-refractivity contribution in [1.82, 2.24) is 9.55 Å². The first-order valence-corrected chi connectivity index (χ1v) is 3.82. The molecule has 0 bridgehead atoms. The quantitative estimate of drug-likeness (QED) is 0.725. The first-order valence-electron chi connectivity index (χ1n) is 3.82. The number of nitrogens with zero attached hydrogens (tertiary/aromatic N) is 2. The highest BCUT2D eigenvalue weighted by atomic mass is 19.1. The second-order valence-electron chi connectivity index (χ2n) is 3.65. The van der Waals surface area contributed by atoms with Crippen LogP contribution in [0.4, 0.5) is 4.39 Å². The van der Waals surface area contributed by atoms with E-state index in [1.54, 1.807) is 38.0 Å². The molecule has 3 nitrogen and oxygen atoms in total. The van der Waals surface area contributed by atoms with E-state index in [9.17, 15) is 4.39 Å². The molecule has 0 saturated carbocycles. The van der Waals surface area contributed by atoms with E-state index in [1.807, 2.05) is 0 Å². The van der Waals surface area contributed by atoms with Gasteiger partial charge in [-0.1, -0.05) is 0 Å². The van der Waals surface area contributed by atoms with Crippen molar-refractivity contribution in [2.24, 2.45) is 12.8 Å². The van der Waals surface area contributed by atoms with Crippen LogP contribution in [-0.4, -0.2) is 15.1 Å². The predicted molar refractivity (Wildman–Crippen MR) is 45.3 cm³/mol. The van der Waals surface area contributed by atoms with Crippen LogP contribution < -0.4 is 5.73 Å². The van der Waals surface area contributed by atoms with Crippen LogP contribution in [0.15, 0.2) is 12.5 Å². The first kappa shape index (κ1) is 9.19. The smallest absolute Gasteiger partial charge is 0.161 e. The second-order valence-corrected chi connectivity index (χ2v) is 3.65. The molecule has 1 heterocycles. The number of rotatable bonds is 2. The summed E-state index contributed by atoms with van der Waals surface area (Å²) in [4.78, 5) is 3.89. The van der Waals surface area contributed by atoms with Gasteiger partial charge in [0, 0.05) is 18.8 Å². The number of hydrogen-bond acceptors (Lipinski definition) is 2. The maximum Gasteiger partial charge on any atom is 0.161 e. The van der Waals surface area contributed by atoms with Crippen LogP contribution in [0.2, 0.25) is 0 Å². The Kier molecular flexibility index (Phi) is 2.19. The predicted octanol–water partition coefficient (Wildman–Crippen LogP) is 1.17. The molecule has 1 unspecified atom stereocenters. The fraction of sp³-hybridized carbons (Fsp3) is 0.625. The van der Waals surface area contributed by atoms with E-state index in [1.165, 1.54) is 0 Å². The van der Waals surface area contributed by atoms with Gasteiger partial charge in [0.1, 0.15) is 0 Å². The van der Waals surface area contributed by atoms with Gasteiger partial charge in [-0.2, -0.15) is 0 Å². The summed E-state index contributed by atoms with van der Waals surface area (Å²) in [6.45, 7) is 3.29. The Morgan fingerprint density at radius 3 is 2.58 bits per heavy atom. The molecule has 68 valence electrons. The van der Waals surface area contributed by atoms with Gasteiger partial charge in [0.2, 0.25) is 0 Å². The fourth-order valence-corrected chi connectivity index (χ4v) is 0.945. The SMILES string of the molecule is Cn1cnc(C(F)C(C)(C)N)c1. The van der Waals surface area contributed by atoms with Crippen molar-refractivity contribution in [3.63, 3.8) is 0 Å². The molecule has 0 spiro atoms. The molecular formula is C8H14FN3. The van der Waals surface area contributed by atoms with Gasteiger partial charge in [-0.25, -0.2) is 9.37 Å². The average Bonchev–Trinajstić information content (AvgIpc) is 2.32. The lowest BCUT2D eigenvalue weighted by Gasteiger charge is -2.21. The Labute approximate surface area is 71.4 Å². The van der Waals surface area contributed by atoms with Crippen molar-refractivity contribution in [1.29, 1.82) is 0 Å². The number of alkyl halides is 1. The molecule has 0 aliphatic rings. The lowest BCUT2D eigenvalue weighted by molar-refractivity contribution is 0.218. The zero-order valence-electron chi connectivity index (χ0n) is 7.58. The van der Waals surface area contributed by atoms with Crippen molar-refractivity contribution in [3.8, 4) is 0 Å². The maximum absolute atomic E-state index is 13.5. The summed E-state index contributed by atoms with van der Waals surface area (Å²) in [5, 5.41) is 0. The third kappa shape index (κ3) is 1.82. The van der Waals surface area contributed by atoms with E-state index in [0.29, 0.717) is 5.69 Å². The summed E-state index contributed by atoms with van der Waals surface area (Å²) < 4.78 is 15.2. The molecule has 1 aromatic rings. The van der Waals surface area contributed by atoms with Gasteiger partial charge in [-0.05, 0) is 13.8 Å². The fourth-order valence-electron chi connectivity index (χ4n) is 0.945. The summed E-state index contributed by atoms with van der Waals surface area (Å²) in [6, 6.07) is 0. The van der Waals surface area contributed by atoms with Crippen molar-refractivity contribution in [2.75, 3.05) is 0 Å². The van der Waals surface area contributed by atoms with Gasteiger partial charge < -0.3 is 10.3 Å². The summed E-state index contributed by atoms with van der Waals surface area (Å²) in [5.74, 6) is 0. The molecule has 0 aromatic carbocycles. The standard InChI is InChI=1S/C8H14FN3/c1-8(2,10)7(9)6-4-12(3)5-11-6/h4-5,7H,10H2,1-3H3. The molecule has 0 saturated heterocycles. The largest absolute Gasteiger partial charge is 0.340 e. The van der Waals surface area contributed by atoms with E-state index in [-0.39, 0.29) is 0 Å². The van der Waals surface area contributed by atoms with Crippen molar-refractivity contribution >= 4 is 0 Å². The van der Waals surface area contributed by atoms with Crippen molar-refractivity contribution in [2.45, 2.75) is 25.6 Å². The lowest BCUT2D eigenvalue weighted by Crippen LogP contribution is -2.37. The normalized spacial score (nSPS) is 14.8. The average molecular weight is 171 g/mol. The second kappa shape index (κ2) is 2.86. The molecular weight excluding hydrogens is 157 g/mol. The highest BCUT2D eigenvalue weighted by Gasteiger charge is 2.28. The number of hydrogen-bond donors (Lipinski definition) is 1. The summed E-state index contributed by atoms with van der Waals surface area (Å²) in [6.07, 6.45) is 1.99. The van der Waals surface area contributed by atoms with Gasteiger partial charge in [0.15, 0.2) is 6.17 Å². The van der Waals surface area contributed by atoms with Gasteiger partial charge in [-0.3, -0.25) is 0 Å². The zero-order valence-corrected chi connectivity index (χ0v) is 7.58. The van der Waals surface area contributed by atoms with Crippen LogP contribution in [0.3, 0.4) is 0 Å². The molecule has 0 radical (unpaired) electrons. The van der Waals surface area contributed by atoms with E-state index in [2.05, 4.69) is 4.98 Å². The number of aromatic nitrogens is 2. The van der Waals surface area contributed by atoms with Crippen LogP contribution in [-0.2, 0) is 7.05 Å². The minimum atomic E-state index is -1.21. The number of aryl methyl sites for hydroxylation is 1. The van der Waals surface area contributed by atoms with Gasteiger partial charge in [0.05, 0.1) is 12.0 Å². The Morgan fingerprint density at radius 2 is 2.25 bits per heavy atom. The molecule has 0 aliphatic carbocycles. The topological polar surface area (TPSA) is 43.8 Å². The molecule has 0 amide bonds. The van der Waals surface area contributed by atoms with Crippen LogP contribution >= 0.6 is 0 Å². The van der Waals surface area contributed by atoms with Gasteiger partial charge >= 0.3 is 0 Å². The van der Waals surface area contributed by atoms with Crippen LogP contribution in [0, 0.1) is 0 Å². The first-order chi connectivity index (χ1) is 5.41. The van der Waals surface area contributed by atoms with Crippen molar-refractivity contribution < 1.29 is 4.39 Å². The minimum Gasteiger partial charge on any atom is -0.340 e. The highest BCUT2D eigenvalue weighted by Crippen LogP contribution is 2.25. The third-order valence-corrected chi connectivity index (χ3v) is 1.64. The van der Waals surface area contributed by atoms with Gasteiger partial charge in [0.25, 0.3) is 0 Å². The summed E-state index contributed by atoms with van der Waals surface area (Å²) in [5.41, 5.74) is 5.12. The molecule has 0 aliphatic heterocycles. The molecule has 0 fully saturated rings. The maximum atomic E-state index is 13.5. The number of imidazole rings is 1. The lowest BCUT2D eigenvalue weighted by atomic mass is 9.98. The van der Waals surface area contributed by atoms with Crippen LogP contribution in [0.25, 0.3) is 0 Å². The van der Waals surface area contributed by atoms with E-state index >= 15 is 0 Å². The number of halogens is 1. The highest BCUT2D eigenvalue weighted by molar-refractivity contribution is 5.06.